The molecule has 0 bridgehead atoms. The van der Waals surface area contributed by atoms with E-state index in [1.807, 2.05) is 13.0 Å². The molecule has 27 heavy (non-hydrogen) atoms. The lowest BCUT2D eigenvalue weighted by atomic mass is 9.42. The number of Topliss-reactive ketones (excluding diaryl/α,β-unsaturated/α-hetero) is 1. The van der Waals surface area contributed by atoms with Crippen molar-refractivity contribution in [1.29, 1.82) is 0 Å². The molecule has 0 radical (unpaired) electrons. The van der Waals surface area contributed by atoms with Gasteiger partial charge in [-0.25, -0.2) is 0 Å². The summed E-state index contributed by atoms with van der Waals surface area (Å²) in [6.45, 7) is 4.87. The molecule has 152 valence electrons. The van der Waals surface area contributed by atoms with Crippen molar-refractivity contribution in [3.63, 3.8) is 0 Å². The van der Waals surface area contributed by atoms with Gasteiger partial charge in [0.15, 0.2) is 5.78 Å². The van der Waals surface area contributed by atoms with Crippen LogP contribution in [-0.4, -0.2) is 60.3 Å². The molecule has 0 aromatic heterocycles. The van der Waals surface area contributed by atoms with Gasteiger partial charge in [0.05, 0.1) is 17.6 Å². The lowest BCUT2D eigenvalue weighted by Crippen LogP contribution is -2.78. The predicted octanol–water partition coefficient (Wildman–Crippen LogP) is 0.831. The maximum absolute atomic E-state index is 12.3. The van der Waals surface area contributed by atoms with Crippen LogP contribution in [0.25, 0.3) is 0 Å². The lowest BCUT2D eigenvalue weighted by Gasteiger charge is -2.66. The van der Waals surface area contributed by atoms with Crippen molar-refractivity contribution >= 4 is 5.78 Å². The molecule has 6 nitrogen and oxygen atoms in total. The zero-order valence-electron chi connectivity index (χ0n) is 16.4. The standard InChI is InChI=1S/C21H32O6/c1-12(22)19(25)8-9-21(27)18(19,3)16(24)11-15-17(2)6-5-14(23)10-13(17)4-7-20(15,21)26/h4,14-16,23-27H,5-11H2,1-3H3/t14-,15+,16+,17-,18+,19+,20-,21+/m0/s1. The Morgan fingerprint density at radius 2 is 1.78 bits per heavy atom. The molecule has 0 saturated heterocycles. The van der Waals surface area contributed by atoms with Crippen LogP contribution in [0.2, 0.25) is 0 Å². The average molecular weight is 380 g/mol. The highest BCUT2D eigenvalue weighted by molar-refractivity contribution is 5.87. The van der Waals surface area contributed by atoms with E-state index in [0.717, 1.165) is 5.57 Å². The van der Waals surface area contributed by atoms with Gasteiger partial charge in [0, 0.05) is 5.92 Å². The zero-order chi connectivity index (χ0) is 20.0. The van der Waals surface area contributed by atoms with E-state index in [9.17, 15) is 30.3 Å². The van der Waals surface area contributed by atoms with Crippen molar-refractivity contribution in [2.75, 3.05) is 0 Å². The number of fused-ring (bicyclic) bond motifs is 5. The molecule has 0 heterocycles. The Kier molecular flexibility index (Phi) is 3.92. The van der Waals surface area contributed by atoms with Crippen LogP contribution in [0, 0.1) is 16.7 Å². The van der Waals surface area contributed by atoms with E-state index in [0.29, 0.717) is 19.3 Å². The largest absolute Gasteiger partial charge is 0.393 e. The van der Waals surface area contributed by atoms with Crippen molar-refractivity contribution in [2.24, 2.45) is 16.7 Å². The van der Waals surface area contributed by atoms with E-state index in [1.165, 1.54) is 6.92 Å². The Morgan fingerprint density at radius 3 is 2.41 bits per heavy atom. The van der Waals surface area contributed by atoms with E-state index >= 15 is 0 Å². The third-order valence-corrected chi connectivity index (χ3v) is 9.18. The third kappa shape index (κ3) is 1.96. The first-order valence-electron chi connectivity index (χ1n) is 10.1. The number of hydrogen-bond donors (Lipinski definition) is 5. The molecule has 4 aliphatic carbocycles. The van der Waals surface area contributed by atoms with Crippen molar-refractivity contribution in [3.05, 3.63) is 11.6 Å². The minimum atomic E-state index is -1.87. The summed E-state index contributed by atoms with van der Waals surface area (Å²) in [5.74, 6) is -0.888. The molecule has 5 N–H and O–H groups in total. The minimum absolute atomic E-state index is 0.0213. The van der Waals surface area contributed by atoms with Crippen LogP contribution in [0.1, 0.15) is 65.7 Å². The first-order chi connectivity index (χ1) is 12.4. The molecule has 0 aromatic carbocycles. The molecule has 0 aliphatic heterocycles. The highest BCUT2D eigenvalue weighted by Crippen LogP contribution is 2.70. The summed E-state index contributed by atoms with van der Waals surface area (Å²) >= 11 is 0. The monoisotopic (exact) mass is 380 g/mol. The molecule has 0 aromatic rings. The molecule has 0 unspecified atom stereocenters. The van der Waals surface area contributed by atoms with Gasteiger partial charge in [-0.05, 0) is 57.3 Å². The van der Waals surface area contributed by atoms with E-state index in [-0.39, 0.29) is 25.7 Å². The Labute approximate surface area is 159 Å². The Balaban J connectivity index is 1.87. The van der Waals surface area contributed by atoms with Crippen LogP contribution in [0.5, 0.6) is 0 Å². The highest BCUT2D eigenvalue weighted by Gasteiger charge is 2.80. The molecule has 3 fully saturated rings. The molecule has 8 atom stereocenters. The summed E-state index contributed by atoms with van der Waals surface area (Å²) in [7, 11) is 0. The lowest BCUT2D eigenvalue weighted by molar-refractivity contribution is -0.312. The minimum Gasteiger partial charge on any atom is -0.393 e. The van der Waals surface area contributed by atoms with Gasteiger partial charge in [-0.15, -0.1) is 0 Å². The van der Waals surface area contributed by atoms with Crippen molar-refractivity contribution < 1.29 is 30.3 Å². The third-order valence-electron chi connectivity index (χ3n) is 9.18. The Bertz CT molecular complexity index is 719. The van der Waals surface area contributed by atoms with Gasteiger partial charge in [0.1, 0.15) is 16.8 Å². The summed E-state index contributed by atoms with van der Waals surface area (Å²) in [5.41, 5.74) is -6.07. The number of carbonyl (C=O) groups excluding carboxylic acids is 1. The first-order valence-corrected chi connectivity index (χ1v) is 10.1. The van der Waals surface area contributed by atoms with Crippen molar-refractivity contribution in [2.45, 2.75) is 94.7 Å². The normalized spacial score (nSPS) is 57.3. The van der Waals surface area contributed by atoms with E-state index in [2.05, 4.69) is 0 Å². The fourth-order valence-electron chi connectivity index (χ4n) is 7.23. The summed E-state index contributed by atoms with van der Waals surface area (Å²) in [5, 5.41) is 56.1. The maximum Gasteiger partial charge on any atom is 0.162 e. The van der Waals surface area contributed by atoms with Gasteiger partial charge < -0.3 is 25.5 Å². The average Bonchev–Trinajstić information content (AvgIpc) is 2.83. The van der Waals surface area contributed by atoms with Crippen molar-refractivity contribution in [3.8, 4) is 0 Å². The number of hydrogen-bond acceptors (Lipinski definition) is 6. The summed E-state index contributed by atoms with van der Waals surface area (Å²) < 4.78 is 0. The fourth-order valence-corrected chi connectivity index (χ4v) is 7.23. The van der Waals surface area contributed by atoms with Crippen LogP contribution in [0.3, 0.4) is 0 Å². The molecule has 0 spiro atoms. The molecule has 4 rings (SSSR count). The van der Waals surface area contributed by atoms with Crippen LogP contribution < -0.4 is 0 Å². The van der Waals surface area contributed by atoms with Gasteiger partial charge >= 0.3 is 0 Å². The molecular weight excluding hydrogens is 348 g/mol. The SMILES string of the molecule is CC(=O)[C@]1(O)CC[C@@]2(O)[C@]1(C)[C@H](O)C[C@@H]1[C@@]3(C)CC[C@H](O)CC3=CC[C@]12O. The first kappa shape index (κ1) is 19.5. The Morgan fingerprint density at radius 1 is 1.11 bits per heavy atom. The number of carbonyl (C=O) groups is 1. The van der Waals surface area contributed by atoms with E-state index < -0.39 is 51.5 Å². The van der Waals surface area contributed by atoms with Gasteiger partial charge in [0.2, 0.25) is 0 Å². The van der Waals surface area contributed by atoms with E-state index in [4.69, 9.17) is 0 Å². The smallest absolute Gasteiger partial charge is 0.162 e. The quantitative estimate of drug-likeness (QED) is 0.430. The van der Waals surface area contributed by atoms with Gasteiger partial charge in [-0.2, -0.15) is 0 Å². The van der Waals surface area contributed by atoms with Gasteiger partial charge in [-0.1, -0.05) is 25.5 Å². The fraction of sp³-hybridized carbons (Fsp3) is 0.857. The van der Waals surface area contributed by atoms with Crippen LogP contribution in [0.15, 0.2) is 11.6 Å². The second-order valence-electron chi connectivity index (χ2n) is 9.96. The zero-order valence-corrected chi connectivity index (χ0v) is 16.4. The second-order valence-corrected chi connectivity index (χ2v) is 9.96. The van der Waals surface area contributed by atoms with Crippen LogP contribution in [0.4, 0.5) is 0 Å². The van der Waals surface area contributed by atoms with Gasteiger partial charge in [-0.3, -0.25) is 4.79 Å². The van der Waals surface area contributed by atoms with Crippen molar-refractivity contribution in [1.82, 2.24) is 0 Å². The summed E-state index contributed by atoms with van der Waals surface area (Å²) in [6, 6.07) is 0. The maximum atomic E-state index is 12.3. The molecular formula is C21H32O6. The number of aliphatic hydroxyl groups is 5. The van der Waals surface area contributed by atoms with Gasteiger partial charge in [0.25, 0.3) is 0 Å². The topological polar surface area (TPSA) is 118 Å². The summed E-state index contributed by atoms with van der Waals surface area (Å²) in [4.78, 5) is 12.3. The number of aliphatic hydroxyl groups excluding tert-OH is 2. The van der Waals surface area contributed by atoms with Crippen LogP contribution >= 0.6 is 0 Å². The Hall–Kier alpha value is -0.790. The van der Waals surface area contributed by atoms with Crippen LogP contribution in [-0.2, 0) is 4.79 Å². The number of rotatable bonds is 1. The van der Waals surface area contributed by atoms with E-state index in [1.54, 1.807) is 6.92 Å². The second kappa shape index (κ2) is 5.42. The summed E-state index contributed by atoms with van der Waals surface area (Å²) in [6.07, 6.45) is 2.73. The number of ketones is 1. The molecule has 6 heteroatoms. The molecule has 0 amide bonds. The highest BCUT2D eigenvalue weighted by atomic mass is 16.4. The predicted molar refractivity (Wildman–Crippen MR) is 97.7 cm³/mol. The molecule has 4 aliphatic rings. The molecule has 3 saturated carbocycles.